The molecule has 0 rings (SSSR count). The first-order valence-electron chi connectivity index (χ1n) is 2.93. The number of carbonyl (C=O) groups excluding carboxylic acids is 1. The van der Waals surface area contributed by atoms with Gasteiger partial charge in [-0.3, -0.25) is 4.79 Å². The Bertz CT molecular complexity index is 134. The SMILES string of the molecule is CC(C)OC=NC(=O)CCl. The largest absolute Gasteiger partial charge is 0.480 e. The Kier molecular flexibility index (Phi) is 4.94. The highest BCUT2D eigenvalue weighted by Crippen LogP contribution is 1.84. The van der Waals surface area contributed by atoms with Crippen LogP contribution < -0.4 is 0 Å². The molecule has 0 aliphatic heterocycles. The Morgan fingerprint density at radius 1 is 1.80 bits per heavy atom. The number of alkyl halides is 1. The average molecular weight is 164 g/mol. The third-order valence-electron chi connectivity index (χ3n) is 0.644. The second-order valence-electron chi connectivity index (χ2n) is 1.95. The highest BCUT2D eigenvalue weighted by molar-refractivity contribution is 6.27. The summed E-state index contributed by atoms with van der Waals surface area (Å²) < 4.78 is 4.84. The number of aliphatic imine (C=N–C) groups is 1. The zero-order valence-electron chi connectivity index (χ0n) is 6.00. The van der Waals surface area contributed by atoms with Crippen LogP contribution in [0.15, 0.2) is 4.99 Å². The molecule has 0 spiro atoms. The highest BCUT2D eigenvalue weighted by atomic mass is 35.5. The molecule has 4 heteroatoms. The molecule has 10 heavy (non-hydrogen) atoms. The normalized spacial score (nSPS) is 10.8. The van der Waals surface area contributed by atoms with Crippen LogP contribution in [0.1, 0.15) is 13.8 Å². The molecule has 0 aliphatic rings. The smallest absolute Gasteiger partial charge is 0.263 e. The van der Waals surface area contributed by atoms with Crippen molar-refractivity contribution in [2.75, 3.05) is 5.88 Å². The number of carbonyl (C=O) groups is 1. The molecule has 58 valence electrons. The lowest BCUT2D eigenvalue weighted by atomic mass is 10.5. The molecule has 0 fully saturated rings. The van der Waals surface area contributed by atoms with Gasteiger partial charge in [0, 0.05) is 0 Å². The summed E-state index contributed by atoms with van der Waals surface area (Å²) in [5, 5.41) is 0. The Balaban J connectivity index is 3.46. The van der Waals surface area contributed by atoms with Crippen molar-refractivity contribution in [3.63, 3.8) is 0 Å². The van der Waals surface area contributed by atoms with E-state index in [0.717, 1.165) is 6.40 Å². The third-order valence-corrected chi connectivity index (χ3v) is 0.873. The van der Waals surface area contributed by atoms with E-state index < -0.39 is 0 Å². The predicted octanol–water partition coefficient (Wildman–Crippen LogP) is 1.21. The van der Waals surface area contributed by atoms with Crippen LogP contribution in [-0.4, -0.2) is 24.3 Å². The molecule has 0 N–H and O–H groups in total. The molecule has 0 bridgehead atoms. The van der Waals surface area contributed by atoms with Crippen molar-refractivity contribution in [1.29, 1.82) is 0 Å². The number of halogens is 1. The maximum Gasteiger partial charge on any atom is 0.263 e. The summed E-state index contributed by atoms with van der Waals surface area (Å²) in [6.07, 6.45) is 1.17. The van der Waals surface area contributed by atoms with Gasteiger partial charge in [0.25, 0.3) is 5.91 Å². The Hall–Kier alpha value is -0.570. The third kappa shape index (κ3) is 5.56. The van der Waals surface area contributed by atoms with Gasteiger partial charge in [0.05, 0.1) is 6.10 Å². The van der Waals surface area contributed by atoms with Crippen molar-refractivity contribution in [2.45, 2.75) is 20.0 Å². The highest BCUT2D eigenvalue weighted by Gasteiger charge is 1.92. The minimum absolute atomic E-state index is 0.0480. The Morgan fingerprint density at radius 2 is 2.40 bits per heavy atom. The van der Waals surface area contributed by atoms with E-state index in [1.807, 2.05) is 13.8 Å². The molecule has 1 amide bonds. The Labute approximate surface area is 65.0 Å². The minimum atomic E-state index is -0.387. The van der Waals surface area contributed by atoms with Gasteiger partial charge in [-0.15, -0.1) is 11.6 Å². The monoisotopic (exact) mass is 163 g/mol. The Morgan fingerprint density at radius 3 is 2.80 bits per heavy atom. The fourth-order valence-electron chi connectivity index (χ4n) is 0.245. The van der Waals surface area contributed by atoms with Crippen molar-refractivity contribution in [3.05, 3.63) is 0 Å². The van der Waals surface area contributed by atoms with Crippen molar-refractivity contribution >= 4 is 23.9 Å². The van der Waals surface area contributed by atoms with Crippen molar-refractivity contribution < 1.29 is 9.53 Å². The first-order valence-corrected chi connectivity index (χ1v) is 3.47. The zero-order chi connectivity index (χ0) is 7.98. The molecule has 0 saturated heterocycles. The summed E-state index contributed by atoms with van der Waals surface area (Å²) in [7, 11) is 0. The summed E-state index contributed by atoms with van der Waals surface area (Å²) in [6.45, 7) is 3.69. The fourth-order valence-corrected chi connectivity index (χ4v) is 0.314. The predicted molar refractivity (Wildman–Crippen MR) is 40.4 cm³/mol. The van der Waals surface area contributed by atoms with Gasteiger partial charge >= 0.3 is 0 Å². The van der Waals surface area contributed by atoms with Crippen molar-refractivity contribution in [1.82, 2.24) is 0 Å². The first-order chi connectivity index (χ1) is 4.66. The molecule has 0 aromatic rings. The van der Waals surface area contributed by atoms with E-state index >= 15 is 0 Å². The topological polar surface area (TPSA) is 38.7 Å². The van der Waals surface area contributed by atoms with Crippen molar-refractivity contribution in [2.24, 2.45) is 4.99 Å². The van der Waals surface area contributed by atoms with Crippen LogP contribution in [0.5, 0.6) is 0 Å². The fraction of sp³-hybridized carbons (Fsp3) is 0.667. The number of hydrogen-bond donors (Lipinski definition) is 0. The average Bonchev–Trinajstić information content (AvgIpc) is 1.87. The summed E-state index contributed by atoms with van der Waals surface area (Å²) in [5.74, 6) is -0.486. The number of ether oxygens (including phenoxy) is 1. The standard InChI is InChI=1S/C6H10ClNO2/c1-5(2)10-4-8-6(9)3-7/h4-5H,3H2,1-2H3. The molecule has 0 aromatic carbocycles. The molecule has 0 radical (unpaired) electrons. The molecule has 3 nitrogen and oxygen atoms in total. The van der Waals surface area contributed by atoms with Gasteiger partial charge in [0.15, 0.2) is 6.40 Å². The van der Waals surface area contributed by atoms with Gasteiger partial charge in [-0.2, -0.15) is 4.99 Å². The lowest BCUT2D eigenvalue weighted by Gasteiger charge is -2.00. The van der Waals surface area contributed by atoms with Gasteiger partial charge in [-0.05, 0) is 13.8 Å². The molecule has 0 heterocycles. The number of nitrogens with zero attached hydrogens (tertiary/aromatic N) is 1. The first kappa shape index (κ1) is 9.43. The lowest BCUT2D eigenvalue weighted by molar-refractivity contribution is -0.115. The molecule has 0 atom stereocenters. The van der Waals surface area contributed by atoms with E-state index in [1.54, 1.807) is 0 Å². The molecule has 0 aliphatic carbocycles. The van der Waals surface area contributed by atoms with Gasteiger partial charge in [0.2, 0.25) is 0 Å². The summed E-state index contributed by atoms with van der Waals surface area (Å²) in [5.41, 5.74) is 0. The van der Waals surface area contributed by atoms with Crippen LogP contribution in [-0.2, 0) is 9.53 Å². The van der Waals surface area contributed by atoms with Crippen LogP contribution in [0, 0.1) is 0 Å². The van der Waals surface area contributed by atoms with Gasteiger partial charge in [-0.25, -0.2) is 0 Å². The van der Waals surface area contributed by atoms with Crippen LogP contribution in [0.3, 0.4) is 0 Å². The van der Waals surface area contributed by atoms with Crippen molar-refractivity contribution in [3.8, 4) is 0 Å². The number of hydrogen-bond acceptors (Lipinski definition) is 2. The van der Waals surface area contributed by atoms with Crippen LogP contribution in [0.25, 0.3) is 0 Å². The molecule has 0 saturated carbocycles. The minimum Gasteiger partial charge on any atom is -0.480 e. The molecule has 0 aromatic heterocycles. The summed E-state index contributed by atoms with van der Waals surface area (Å²) in [6, 6.07) is 0. The second-order valence-corrected chi connectivity index (χ2v) is 2.21. The van der Waals surface area contributed by atoms with E-state index in [4.69, 9.17) is 16.3 Å². The van der Waals surface area contributed by atoms with Crippen LogP contribution in [0.4, 0.5) is 0 Å². The van der Waals surface area contributed by atoms with Crippen LogP contribution in [0.2, 0.25) is 0 Å². The van der Waals surface area contributed by atoms with Gasteiger partial charge < -0.3 is 4.74 Å². The van der Waals surface area contributed by atoms with E-state index in [0.29, 0.717) is 0 Å². The zero-order valence-corrected chi connectivity index (χ0v) is 6.76. The number of rotatable bonds is 3. The molecular weight excluding hydrogens is 154 g/mol. The van der Waals surface area contributed by atoms with E-state index in [1.165, 1.54) is 0 Å². The quantitative estimate of drug-likeness (QED) is 0.356. The maximum atomic E-state index is 10.4. The van der Waals surface area contributed by atoms with E-state index in [-0.39, 0.29) is 17.9 Å². The van der Waals surface area contributed by atoms with Crippen LogP contribution >= 0.6 is 11.6 Å². The van der Waals surface area contributed by atoms with Gasteiger partial charge in [0.1, 0.15) is 5.88 Å². The second kappa shape index (κ2) is 5.23. The summed E-state index contributed by atoms with van der Waals surface area (Å²) >= 11 is 5.15. The maximum absolute atomic E-state index is 10.4. The van der Waals surface area contributed by atoms with E-state index in [2.05, 4.69) is 4.99 Å². The summed E-state index contributed by atoms with van der Waals surface area (Å²) in [4.78, 5) is 13.7. The number of amides is 1. The molecule has 0 unspecified atom stereocenters. The molecular formula is C6H10ClNO2. The van der Waals surface area contributed by atoms with Gasteiger partial charge in [-0.1, -0.05) is 0 Å². The lowest BCUT2D eigenvalue weighted by Crippen LogP contribution is -2.02. The van der Waals surface area contributed by atoms with E-state index in [9.17, 15) is 4.79 Å².